The predicted molar refractivity (Wildman–Crippen MR) is 69.7 cm³/mol. The summed E-state index contributed by atoms with van der Waals surface area (Å²) in [6, 6.07) is -0.165. The van der Waals surface area contributed by atoms with Crippen LogP contribution in [0.4, 0.5) is 0 Å². The minimum atomic E-state index is -0.617. The lowest BCUT2D eigenvalue weighted by molar-refractivity contribution is 0.00416. The second-order valence-corrected chi connectivity index (χ2v) is 6.18. The van der Waals surface area contributed by atoms with E-state index in [1.165, 1.54) is 0 Å². The van der Waals surface area contributed by atoms with Gasteiger partial charge < -0.3 is 10.5 Å². The topological polar surface area (TPSA) is 35.2 Å². The Morgan fingerprint density at radius 1 is 1.44 bits per heavy atom. The van der Waals surface area contributed by atoms with Crippen LogP contribution in [0, 0.1) is 11.8 Å². The van der Waals surface area contributed by atoms with E-state index >= 15 is 0 Å². The molecule has 0 spiro atoms. The highest BCUT2D eigenvalue weighted by molar-refractivity contribution is 6.26. The van der Waals surface area contributed by atoms with Crippen LogP contribution in [0.15, 0.2) is 12.7 Å². The van der Waals surface area contributed by atoms with Gasteiger partial charge in [-0.25, -0.2) is 0 Å². The minimum absolute atomic E-state index is 0.0367. The van der Waals surface area contributed by atoms with Crippen LogP contribution >= 0.6 is 11.6 Å². The average molecular weight is 246 g/mol. The normalized spacial score (nSPS) is 39.6. The molecule has 0 aromatic rings. The molecule has 1 rings (SSSR count). The van der Waals surface area contributed by atoms with E-state index in [-0.39, 0.29) is 18.2 Å². The first kappa shape index (κ1) is 14.0. The molecule has 2 N–H and O–H groups in total. The summed E-state index contributed by atoms with van der Waals surface area (Å²) in [5.74, 6) is 0.909. The second kappa shape index (κ2) is 5.07. The van der Waals surface area contributed by atoms with Crippen LogP contribution in [0.5, 0.6) is 0 Å². The molecule has 1 fully saturated rings. The van der Waals surface area contributed by atoms with Crippen molar-refractivity contribution in [3.63, 3.8) is 0 Å². The van der Waals surface area contributed by atoms with Gasteiger partial charge >= 0.3 is 0 Å². The monoisotopic (exact) mass is 245 g/mol. The summed E-state index contributed by atoms with van der Waals surface area (Å²) < 4.78 is 6.02. The van der Waals surface area contributed by atoms with Crippen LogP contribution in [0.2, 0.25) is 0 Å². The summed E-state index contributed by atoms with van der Waals surface area (Å²) >= 11 is 6.58. The van der Waals surface area contributed by atoms with Gasteiger partial charge in [-0.2, -0.15) is 0 Å². The number of nitrogens with two attached hydrogens (primary N) is 1. The summed E-state index contributed by atoms with van der Waals surface area (Å²) in [6.45, 7) is 12.4. The molecular formula is C13H24ClNO. The van der Waals surface area contributed by atoms with Crippen molar-refractivity contribution in [3.8, 4) is 0 Å². The molecule has 2 nitrogen and oxygen atoms in total. The predicted octanol–water partition coefficient (Wildman–Crippen LogP) is 2.95. The number of hydrogen-bond acceptors (Lipinski definition) is 2. The van der Waals surface area contributed by atoms with E-state index in [0.29, 0.717) is 11.8 Å². The lowest BCUT2D eigenvalue weighted by Crippen LogP contribution is -2.48. The standard InChI is InChI=1S/C13H24ClNO/c1-6-13(14)11(15)10(7-8(2)3)16-12(13)9(4)5/h6,8-12H,1,7,15H2,2-5H3/t10-,11-,12+,13-/m1/s1. The quantitative estimate of drug-likeness (QED) is 0.611. The molecule has 0 aliphatic carbocycles. The highest BCUT2D eigenvalue weighted by atomic mass is 35.5. The largest absolute Gasteiger partial charge is 0.371 e. The van der Waals surface area contributed by atoms with E-state index in [0.717, 1.165) is 6.42 Å². The number of hydrogen-bond donors (Lipinski definition) is 1. The van der Waals surface area contributed by atoms with Gasteiger partial charge in [0.2, 0.25) is 0 Å². The molecule has 0 aromatic heterocycles. The molecule has 3 heteroatoms. The van der Waals surface area contributed by atoms with E-state index in [9.17, 15) is 0 Å². The molecule has 1 aliphatic rings. The van der Waals surface area contributed by atoms with Crippen LogP contribution in [0.1, 0.15) is 34.1 Å². The maximum atomic E-state index is 6.58. The second-order valence-electron chi connectivity index (χ2n) is 5.53. The van der Waals surface area contributed by atoms with Gasteiger partial charge in [-0.3, -0.25) is 0 Å². The first-order valence-corrected chi connectivity index (χ1v) is 6.44. The Labute approximate surface area is 104 Å². The highest BCUT2D eigenvalue weighted by Crippen LogP contribution is 2.41. The third-order valence-corrected chi connectivity index (χ3v) is 3.91. The maximum absolute atomic E-state index is 6.58. The molecule has 0 radical (unpaired) electrons. The Morgan fingerprint density at radius 3 is 2.31 bits per heavy atom. The minimum Gasteiger partial charge on any atom is -0.371 e. The molecule has 4 atom stereocenters. The lowest BCUT2D eigenvalue weighted by Gasteiger charge is -2.29. The molecular weight excluding hydrogens is 222 g/mol. The zero-order valence-corrected chi connectivity index (χ0v) is 11.5. The van der Waals surface area contributed by atoms with Crippen molar-refractivity contribution in [2.75, 3.05) is 0 Å². The summed E-state index contributed by atoms with van der Waals surface area (Å²) in [5.41, 5.74) is 6.22. The fourth-order valence-corrected chi connectivity index (χ4v) is 2.88. The third kappa shape index (κ3) is 2.44. The van der Waals surface area contributed by atoms with Gasteiger partial charge in [-0.05, 0) is 18.3 Å². The highest BCUT2D eigenvalue weighted by Gasteiger charge is 2.52. The number of ether oxygens (including phenoxy) is 1. The first-order chi connectivity index (χ1) is 7.32. The maximum Gasteiger partial charge on any atom is 0.106 e. The van der Waals surface area contributed by atoms with E-state index in [2.05, 4.69) is 34.3 Å². The van der Waals surface area contributed by atoms with Crippen molar-refractivity contribution in [1.29, 1.82) is 0 Å². The zero-order valence-electron chi connectivity index (χ0n) is 10.7. The van der Waals surface area contributed by atoms with Crippen molar-refractivity contribution in [3.05, 3.63) is 12.7 Å². The molecule has 1 saturated heterocycles. The Bertz CT molecular complexity index is 254. The molecule has 1 aliphatic heterocycles. The molecule has 16 heavy (non-hydrogen) atoms. The van der Waals surface area contributed by atoms with Gasteiger partial charge in [0.25, 0.3) is 0 Å². The third-order valence-electron chi connectivity index (χ3n) is 3.29. The van der Waals surface area contributed by atoms with Gasteiger partial charge in [0.1, 0.15) is 4.87 Å². The Hall–Kier alpha value is -0.0500. The van der Waals surface area contributed by atoms with Crippen molar-refractivity contribution in [2.45, 2.75) is 57.2 Å². The van der Waals surface area contributed by atoms with E-state index in [4.69, 9.17) is 22.1 Å². The van der Waals surface area contributed by atoms with Crippen LogP contribution in [-0.2, 0) is 4.74 Å². The summed E-state index contributed by atoms with van der Waals surface area (Å²) in [5, 5.41) is 0. The summed E-state index contributed by atoms with van der Waals surface area (Å²) in [6.07, 6.45) is 2.71. The first-order valence-electron chi connectivity index (χ1n) is 6.06. The van der Waals surface area contributed by atoms with Crippen molar-refractivity contribution in [2.24, 2.45) is 17.6 Å². The van der Waals surface area contributed by atoms with Gasteiger partial charge in [0.05, 0.1) is 18.2 Å². The Balaban J connectivity index is 2.87. The van der Waals surface area contributed by atoms with Crippen LogP contribution in [-0.4, -0.2) is 23.1 Å². The molecule has 0 unspecified atom stereocenters. The molecule has 0 saturated carbocycles. The Morgan fingerprint density at radius 2 is 2.00 bits per heavy atom. The SMILES string of the molecule is C=C[C@@]1(Cl)[C@H](N)[C@@H](CC(C)C)O[C@H]1C(C)C. The van der Waals surface area contributed by atoms with Gasteiger partial charge in [0.15, 0.2) is 0 Å². The zero-order chi connectivity index (χ0) is 12.5. The summed E-state index contributed by atoms with van der Waals surface area (Å²) in [7, 11) is 0. The van der Waals surface area contributed by atoms with E-state index in [1.54, 1.807) is 6.08 Å². The Kier molecular flexibility index (Phi) is 4.44. The van der Waals surface area contributed by atoms with Crippen molar-refractivity contribution < 1.29 is 4.74 Å². The van der Waals surface area contributed by atoms with Gasteiger partial charge in [0, 0.05) is 0 Å². The number of halogens is 1. The fourth-order valence-electron chi connectivity index (χ4n) is 2.44. The molecule has 0 aromatic carbocycles. The molecule has 1 heterocycles. The van der Waals surface area contributed by atoms with E-state index < -0.39 is 4.87 Å². The molecule has 94 valence electrons. The van der Waals surface area contributed by atoms with E-state index in [1.807, 2.05) is 0 Å². The van der Waals surface area contributed by atoms with Crippen molar-refractivity contribution >= 4 is 11.6 Å². The smallest absolute Gasteiger partial charge is 0.106 e. The van der Waals surface area contributed by atoms with Crippen molar-refractivity contribution in [1.82, 2.24) is 0 Å². The number of rotatable bonds is 4. The lowest BCUT2D eigenvalue weighted by atomic mass is 9.86. The van der Waals surface area contributed by atoms with Gasteiger partial charge in [-0.1, -0.05) is 33.8 Å². The molecule has 0 amide bonds. The van der Waals surface area contributed by atoms with Crippen LogP contribution in [0.25, 0.3) is 0 Å². The fraction of sp³-hybridized carbons (Fsp3) is 0.846. The average Bonchev–Trinajstić information content (AvgIpc) is 2.43. The molecule has 0 bridgehead atoms. The summed E-state index contributed by atoms with van der Waals surface area (Å²) in [4.78, 5) is -0.617. The van der Waals surface area contributed by atoms with Crippen LogP contribution in [0.3, 0.4) is 0 Å². The number of alkyl halides is 1. The van der Waals surface area contributed by atoms with Crippen LogP contribution < -0.4 is 5.73 Å². The van der Waals surface area contributed by atoms with Gasteiger partial charge in [-0.15, -0.1) is 18.2 Å².